The van der Waals surface area contributed by atoms with Gasteiger partial charge in [0.05, 0.1) is 5.69 Å². The summed E-state index contributed by atoms with van der Waals surface area (Å²) in [6.07, 6.45) is 2.49. The molecular weight excluding hydrogens is 405 g/mol. The molecule has 2 heteroatoms. The molecule has 0 unspecified atom stereocenters. The lowest BCUT2D eigenvalue weighted by Gasteiger charge is -2.23. The van der Waals surface area contributed by atoms with Crippen molar-refractivity contribution in [1.29, 1.82) is 0 Å². The summed E-state index contributed by atoms with van der Waals surface area (Å²) >= 11 is 0. The molecule has 4 aromatic rings. The zero-order valence-corrected chi connectivity index (χ0v) is 19.6. The second kappa shape index (κ2) is 7.68. The van der Waals surface area contributed by atoms with Crippen molar-refractivity contribution >= 4 is 23.8 Å². The van der Waals surface area contributed by atoms with E-state index in [-0.39, 0.29) is 0 Å². The summed E-state index contributed by atoms with van der Waals surface area (Å²) in [7, 11) is -0.661. The number of benzene rings is 3. The van der Waals surface area contributed by atoms with E-state index >= 15 is 0 Å². The van der Waals surface area contributed by atoms with E-state index in [4.69, 9.17) is 4.98 Å². The van der Waals surface area contributed by atoms with Crippen molar-refractivity contribution in [2.24, 2.45) is 11.3 Å². The van der Waals surface area contributed by atoms with E-state index in [1.165, 1.54) is 45.6 Å². The molecular formula is C30H28NP. The molecule has 1 aromatic heterocycles. The van der Waals surface area contributed by atoms with E-state index in [2.05, 4.69) is 111 Å². The summed E-state index contributed by atoms with van der Waals surface area (Å²) in [4.78, 5) is 5.34. The van der Waals surface area contributed by atoms with Crippen LogP contribution in [0.15, 0.2) is 97.1 Å². The van der Waals surface area contributed by atoms with Crippen molar-refractivity contribution in [3.63, 3.8) is 0 Å². The van der Waals surface area contributed by atoms with Gasteiger partial charge in [-0.15, -0.1) is 0 Å². The number of fused-ring (bicyclic) bond motifs is 3. The van der Waals surface area contributed by atoms with Gasteiger partial charge in [0, 0.05) is 17.2 Å². The second-order valence-corrected chi connectivity index (χ2v) is 11.9. The van der Waals surface area contributed by atoms with Crippen LogP contribution in [0.4, 0.5) is 0 Å². The molecule has 1 heterocycles. The second-order valence-electron chi connectivity index (χ2n) is 9.71. The van der Waals surface area contributed by atoms with Gasteiger partial charge in [-0.3, -0.25) is 4.98 Å². The maximum Gasteiger partial charge on any atom is 0.0712 e. The largest absolute Gasteiger partial charge is 0.252 e. The van der Waals surface area contributed by atoms with Crippen molar-refractivity contribution in [2.75, 3.05) is 0 Å². The number of aryl methyl sites for hydroxylation is 1. The molecule has 0 spiro atoms. The Balaban J connectivity index is 1.50. The van der Waals surface area contributed by atoms with Gasteiger partial charge in [0.2, 0.25) is 0 Å². The number of rotatable bonds is 4. The van der Waals surface area contributed by atoms with Crippen molar-refractivity contribution in [2.45, 2.75) is 32.6 Å². The first-order valence-corrected chi connectivity index (χ1v) is 13.0. The lowest BCUT2D eigenvalue weighted by atomic mass is 9.95. The van der Waals surface area contributed by atoms with E-state index in [1.807, 2.05) is 0 Å². The molecule has 0 amide bonds. The zero-order chi connectivity index (χ0) is 21.7. The number of aromatic nitrogens is 1. The molecule has 0 bridgehead atoms. The molecule has 158 valence electrons. The fraction of sp³-hybridized carbons (Fsp3) is 0.233. The quantitative estimate of drug-likeness (QED) is 0.350. The van der Waals surface area contributed by atoms with E-state index in [1.54, 1.807) is 0 Å². The summed E-state index contributed by atoms with van der Waals surface area (Å²) in [6, 6.07) is 35.4. The van der Waals surface area contributed by atoms with Crippen LogP contribution in [0.5, 0.6) is 0 Å². The van der Waals surface area contributed by atoms with Crippen molar-refractivity contribution < 1.29 is 0 Å². The molecule has 0 N–H and O–H groups in total. The summed E-state index contributed by atoms with van der Waals surface area (Å²) in [6.45, 7) is 4.84. The maximum atomic E-state index is 5.34. The molecule has 3 aromatic carbocycles. The molecule has 32 heavy (non-hydrogen) atoms. The molecule has 1 fully saturated rings. The monoisotopic (exact) mass is 433 g/mol. The minimum absolute atomic E-state index is 0.400. The normalized spacial score (nSPS) is 20.5. The highest BCUT2D eigenvalue weighted by molar-refractivity contribution is 7.80. The maximum absolute atomic E-state index is 5.34. The molecule has 2 aliphatic carbocycles. The fourth-order valence-corrected chi connectivity index (χ4v) is 8.20. The third-order valence-electron chi connectivity index (χ3n) is 7.53. The first kappa shape index (κ1) is 19.9. The van der Waals surface area contributed by atoms with Gasteiger partial charge in [0.25, 0.3) is 0 Å². The first-order valence-electron chi connectivity index (χ1n) is 11.6. The van der Waals surface area contributed by atoms with Crippen molar-refractivity contribution in [1.82, 2.24) is 4.98 Å². The topological polar surface area (TPSA) is 12.9 Å². The predicted molar refractivity (Wildman–Crippen MR) is 137 cm³/mol. The molecule has 2 aliphatic rings. The summed E-state index contributed by atoms with van der Waals surface area (Å²) in [5.41, 5.74) is 5.63. The standard InChI is InChI=1S/C30H28NP/c1-30(2)25-19-17-21-18-20-26(31-29(21)28(25)30)24-15-9-10-16-27(24)32(22-11-5-3-6-12-22)23-13-7-4-8-14-23/h3-16,18,20,25,28H,17,19H2,1-2H3/t25-,28-/m1/s1. The Kier molecular flexibility index (Phi) is 4.77. The number of nitrogens with zero attached hydrogens (tertiary/aromatic N) is 1. The molecule has 0 aliphatic heterocycles. The van der Waals surface area contributed by atoms with Gasteiger partial charge in [-0.1, -0.05) is 105 Å². The molecule has 1 nitrogen and oxygen atoms in total. The molecule has 1 saturated carbocycles. The Morgan fingerprint density at radius 3 is 2.06 bits per heavy atom. The van der Waals surface area contributed by atoms with Crippen LogP contribution in [-0.2, 0) is 6.42 Å². The van der Waals surface area contributed by atoms with E-state index in [0.717, 1.165) is 11.6 Å². The summed E-state index contributed by atoms with van der Waals surface area (Å²) in [5, 5.41) is 4.14. The Morgan fingerprint density at radius 2 is 1.38 bits per heavy atom. The van der Waals surface area contributed by atoms with Gasteiger partial charge in [0.1, 0.15) is 0 Å². The third-order valence-corrected chi connectivity index (χ3v) is 10.0. The average molecular weight is 434 g/mol. The van der Waals surface area contributed by atoms with Crippen LogP contribution in [0, 0.1) is 11.3 Å². The first-order chi connectivity index (χ1) is 15.6. The van der Waals surface area contributed by atoms with Gasteiger partial charge in [0.15, 0.2) is 0 Å². The average Bonchev–Trinajstić information content (AvgIpc) is 3.42. The molecule has 2 atom stereocenters. The third kappa shape index (κ3) is 3.23. The van der Waals surface area contributed by atoms with E-state index in [9.17, 15) is 0 Å². The van der Waals surface area contributed by atoms with Crippen molar-refractivity contribution in [3.05, 3.63) is 108 Å². The fourth-order valence-electron chi connectivity index (χ4n) is 5.74. The Labute approximate surface area is 192 Å². The van der Waals surface area contributed by atoms with Crippen LogP contribution in [0.3, 0.4) is 0 Å². The Bertz CT molecular complexity index is 1220. The molecule has 6 rings (SSSR count). The van der Waals surface area contributed by atoms with Crippen molar-refractivity contribution in [3.8, 4) is 11.3 Å². The molecule has 0 radical (unpaired) electrons. The number of hydrogen-bond acceptors (Lipinski definition) is 1. The highest BCUT2D eigenvalue weighted by atomic mass is 31.1. The zero-order valence-electron chi connectivity index (χ0n) is 18.7. The minimum atomic E-state index is -0.661. The Morgan fingerprint density at radius 1 is 0.750 bits per heavy atom. The van der Waals surface area contributed by atoms with Gasteiger partial charge in [-0.05, 0) is 59.6 Å². The lowest BCUT2D eigenvalue weighted by molar-refractivity contribution is 0.535. The van der Waals surface area contributed by atoms with E-state index in [0.29, 0.717) is 11.3 Å². The van der Waals surface area contributed by atoms with Gasteiger partial charge < -0.3 is 0 Å². The van der Waals surface area contributed by atoms with Crippen LogP contribution in [0.1, 0.15) is 37.4 Å². The Hall–Kier alpha value is -2.76. The van der Waals surface area contributed by atoms with Gasteiger partial charge in [-0.25, -0.2) is 0 Å². The summed E-state index contributed by atoms with van der Waals surface area (Å²) in [5.74, 6) is 1.43. The van der Waals surface area contributed by atoms with Crippen LogP contribution < -0.4 is 15.9 Å². The number of hydrogen-bond donors (Lipinski definition) is 0. The highest BCUT2D eigenvalue weighted by Gasteiger charge is 2.60. The van der Waals surface area contributed by atoms with Gasteiger partial charge in [-0.2, -0.15) is 0 Å². The smallest absolute Gasteiger partial charge is 0.0712 e. The predicted octanol–water partition coefficient (Wildman–Crippen LogP) is 6.19. The summed E-state index contributed by atoms with van der Waals surface area (Å²) < 4.78 is 0. The minimum Gasteiger partial charge on any atom is -0.252 e. The van der Waals surface area contributed by atoms with Crippen LogP contribution >= 0.6 is 7.92 Å². The van der Waals surface area contributed by atoms with E-state index < -0.39 is 7.92 Å². The van der Waals surface area contributed by atoms with Crippen LogP contribution in [-0.4, -0.2) is 4.98 Å². The molecule has 0 saturated heterocycles. The van der Waals surface area contributed by atoms with Crippen LogP contribution in [0.25, 0.3) is 11.3 Å². The lowest BCUT2D eigenvalue weighted by Crippen LogP contribution is -2.22. The SMILES string of the molecule is CC1(C)[C@@H]2CCc3ccc(-c4ccccc4P(c4ccccc4)c4ccccc4)nc3[C@@H]21. The highest BCUT2D eigenvalue weighted by Crippen LogP contribution is 2.68. The van der Waals surface area contributed by atoms with Crippen LogP contribution in [0.2, 0.25) is 0 Å². The van der Waals surface area contributed by atoms with Gasteiger partial charge >= 0.3 is 0 Å². The number of pyridine rings is 1.